The summed E-state index contributed by atoms with van der Waals surface area (Å²) in [4.78, 5) is 11.6. The minimum atomic E-state index is -0.369. The van der Waals surface area contributed by atoms with E-state index in [1.807, 2.05) is 20.8 Å². The summed E-state index contributed by atoms with van der Waals surface area (Å²) in [6.45, 7) is 7.91. The van der Waals surface area contributed by atoms with E-state index in [4.69, 9.17) is 9.47 Å². The van der Waals surface area contributed by atoms with Crippen LogP contribution in [0.3, 0.4) is 0 Å². The fourth-order valence-corrected chi connectivity index (χ4v) is 3.05. The van der Waals surface area contributed by atoms with Gasteiger partial charge in [-0.05, 0) is 53.4 Å². The highest BCUT2D eigenvalue weighted by molar-refractivity contribution is 5.69. The van der Waals surface area contributed by atoms with Crippen LogP contribution in [-0.2, 0) is 14.3 Å². The normalized spacial score (nSPS) is 19.3. The average molecular weight is 312 g/mol. The number of hydrogen-bond donors (Lipinski definition) is 0. The summed E-state index contributed by atoms with van der Waals surface area (Å²) in [7, 11) is 0. The third-order valence-electron chi connectivity index (χ3n) is 4.14. The van der Waals surface area contributed by atoms with Gasteiger partial charge in [-0.1, -0.05) is 38.5 Å². The maximum Gasteiger partial charge on any atom is 0.306 e. The molecule has 1 unspecified atom stereocenters. The summed E-state index contributed by atoms with van der Waals surface area (Å²) < 4.78 is 11.5. The molecule has 3 nitrogen and oxygen atoms in total. The van der Waals surface area contributed by atoms with Crippen LogP contribution < -0.4 is 0 Å². The molecule has 22 heavy (non-hydrogen) atoms. The van der Waals surface area contributed by atoms with Crippen LogP contribution in [0.5, 0.6) is 0 Å². The smallest absolute Gasteiger partial charge is 0.306 e. The van der Waals surface area contributed by atoms with E-state index in [0.29, 0.717) is 18.6 Å². The SMILES string of the molecule is CC(CCCCC(=O)OC(C)(C)C)OC1CCCCCCC1. The molecular weight excluding hydrogens is 276 g/mol. The number of carbonyl (C=O) groups is 1. The first-order valence-electron chi connectivity index (χ1n) is 9.24. The number of ether oxygens (including phenoxy) is 2. The van der Waals surface area contributed by atoms with E-state index in [1.54, 1.807) is 0 Å². The second-order valence-electron chi connectivity index (χ2n) is 7.75. The Kier molecular flexibility index (Phi) is 9.08. The van der Waals surface area contributed by atoms with Crippen molar-refractivity contribution in [2.75, 3.05) is 0 Å². The van der Waals surface area contributed by atoms with Crippen LogP contribution in [0, 0.1) is 0 Å². The highest BCUT2D eigenvalue weighted by Crippen LogP contribution is 2.22. The highest BCUT2D eigenvalue weighted by Gasteiger charge is 2.17. The lowest BCUT2D eigenvalue weighted by molar-refractivity contribution is -0.155. The van der Waals surface area contributed by atoms with E-state index in [-0.39, 0.29) is 11.6 Å². The summed E-state index contributed by atoms with van der Waals surface area (Å²) in [5.74, 6) is -0.0823. The van der Waals surface area contributed by atoms with Crippen molar-refractivity contribution in [1.29, 1.82) is 0 Å². The van der Waals surface area contributed by atoms with Crippen molar-refractivity contribution in [3.63, 3.8) is 0 Å². The van der Waals surface area contributed by atoms with Gasteiger partial charge in [-0.25, -0.2) is 0 Å². The third-order valence-corrected chi connectivity index (χ3v) is 4.14. The molecule has 1 fully saturated rings. The van der Waals surface area contributed by atoms with Crippen molar-refractivity contribution in [2.45, 2.75) is 116 Å². The van der Waals surface area contributed by atoms with Crippen molar-refractivity contribution >= 4 is 5.97 Å². The molecule has 0 saturated heterocycles. The molecule has 0 radical (unpaired) electrons. The quantitative estimate of drug-likeness (QED) is 0.466. The third kappa shape index (κ3) is 10.2. The van der Waals surface area contributed by atoms with Gasteiger partial charge in [0, 0.05) is 6.42 Å². The van der Waals surface area contributed by atoms with Crippen LogP contribution in [0.4, 0.5) is 0 Å². The fraction of sp³-hybridized carbons (Fsp3) is 0.947. The van der Waals surface area contributed by atoms with Gasteiger partial charge in [0.25, 0.3) is 0 Å². The van der Waals surface area contributed by atoms with Crippen LogP contribution in [0.1, 0.15) is 98.3 Å². The summed E-state index contributed by atoms with van der Waals surface area (Å²) in [6, 6.07) is 0. The van der Waals surface area contributed by atoms with Gasteiger partial charge < -0.3 is 9.47 Å². The number of hydrogen-bond acceptors (Lipinski definition) is 3. The monoisotopic (exact) mass is 312 g/mol. The van der Waals surface area contributed by atoms with Crippen LogP contribution in [0.2, 0.25) is 0 Å². The molecule has 1 aliphatic carbocycles. The zero-order chi connectivity index (χ0) is 16.4. The second kappa shape index (κ2) is 10.3. The van der Waals surface area contributed by atoms with E-state index in [2.05, 4.69) is 6.92 Å². The van der Waals surface area contributed by atoms with Crippen molar-refractivity contribution in [1.82, 2.24) is 0 Å². The van der Waals surface area contributed by atoms with Gasteiger partial charge in [0.15, 0.2) is 0 Å². The molecule has 0 aliphatic heterocycles. The largest absolute Gasteiger partial charge is 0.460 e. The Morgan fingerprint density at radius 3 is 2.23 bits per heavy atom. The number of esters is 1. The number of unbranched alkanes of at least 4 members (excludes halogenated alkanes) is 1. The average Bonchev–Trinajstić information content (AvgIpc) is 2.35. The second-order valence-corrected chi connectivity index (χ2v) is 7.75. The van der Waals surface area contributed by atoms with E-state index in [1.165, 1.54) is 44.9 Å². The van der Waals surface area contributed by atoms with Gasteiger partial charge in [0.1, 0.15) is 5.60 Å². The minimum Gasteiger partial charge on any atom is -0.460 e. The zero-order valence-electron chi connectivity index (χ0n) is 15.2. The van der Waals surface area contributed by atoms with Gasteiger partial charge in [0.2, 0.25) is 0 Å². The predicted molar refractivity (Wildman–Crippen MR) is 91.0 cm³/mol. The topological polar surface area (TPSA) is 35.5 Å². The lowest BCUT2D eigenvalue weighted by Gasteiger charge is -2.24. The van der Waals surface area contributed by atoms with Crippen molar-refractivity contribution < 1.29 is 14.3 Å². The Morgan fingerprint density at radius 2 is 1.64 bits per heavy atom. The molecule has 0 N–H and O–H groups in total. The lowest BCUT2D eigenvalue weighted by atomic mass is 9.98. The first-order valence-corrected chi connectivity index (χ1v) is 9.24. The Hall–Kier alpha value is -0.570. The molecule has 130 valence electrons. The Balaban J connectivity index is 2.09. The number of carbonyl (C=O) groups excluding carboxylic acids is 1. The zero-order valence-corrected chi connectivity index (χ0v) is 15.2. The molecule has 1 saturated carbocycles. The van der Waals surface area contributed by atoms with Crippen LogP contribution in [0.15, 0.2) is 0 Å². The molecule has 0 heterocycles. The molecule has 0 aromatic rings. The first kappa shape index (κ1) is 19.5. The molecule has 0 spiro atoms. The molecule has 0 aromatic heterocycles. The Morgan fingerprint density at radius 1 is 1.05 bits per heavy atom. The Bertz CT molecular complexity index is 298. The van der Waals surface area contributed by atoms with Crippen molar-refractivity contribution in [2.24, 2.45) is 0 Å². The molecule has 0 bridgehead atoms. The van der Waals surface area contributed by atoms with Crippen LogP contribution >= 0.6 is 0 Å². The lowest BCUT2D eigenvalue weighted by Crippen LogP contribution is -2.23. The summed E-state index contributed by atoms with van der Waals surface area (Å²) in [5, 5.41) is 0. The van der Waals surface area contributed by atoms with E-state index in [0.717, 1.165) is 19.3 Å². The standard InChI is InChI=1S/C19H36O3/c1-16(21-17-13-8-6-5-7-9-14-17)12-10-11-15-18(20)22-19(2,3)4/h16-17H,5-15H2,1-4H3. The molecule has 1 atom stereocenters. The van der Waals surface area contributed by atoms with Gasteiger partial charge in [-0.3, -0.25) is 4.79 Å². The molecule has 1 rings (SSSR count). The molecule has 3 heteroatoms. The maximum atomic E-state index is 11.6. The minimum absolute atomic E-state index is 0.0823. The molecule has 0 amide bonds. The molecular formula is C19H36O3. The van der Waals surface area contributed by atoms with Gasteiger partial charge in [-0.2, -0.15) is 0 Å². The first-order chi connectivity index (χ1) is 10.4. The molecule has 1 aliphatic rings. The van der Waals surface area contributed by atoms with Gasteiger partial charge in [0.05, 0.1) is 12.2 Å². The van der Waals surface area contributed by atoms with Crippen LogP contribution in [0.25, 0.3) is 0 Å². The predicted octanol–water partition coefficient (Wildman–Crippen LogP) is 5.41. The van der Waals surface area contributed by atoms with E-state index in [9.17, 15) is 4.79 Å². The van der Waals surface area contributed by atoms with E-state index < -0.39 is 0 Å². The summed E-state index contributed by atoms with van der Waals surface area (Å²) in [5.41, 5.74) is -0.369. The van der Waals surface area contributed by atoms with Crippen molar-refractivity contribution in [3.8, 4) is 0 Å². The van der Waals surface area contributed by atoms with Crippen LogP contribution in [-0.4, -0.2) is 23.8 Å². The fourth-order valence-electron chi connectivity index (χ4n) is 3.05. The maximum absolute atomic E-state index is 11.6. The van der Waals surface area contributed by atoms with Gasteiger partial charge in [-0.15, -0.1) is 0 Å². The van der Waals surface area contributed by atoms with E-state index >= 15 is 0 Å². The van der Waals surface area contributed by atoms with Gasteiger partial charge >= 0.3 is 5.97 Å². The molecule has 0 aromatic carbocycles. The number of rotatable bonds is 7. The van der Waals surface area contributed by atoms with Crippen molar-refractivity contribution in [3.05, 3.63) is 0 Å². The summed E-state index contributed by atoms with van der Waals surface area (Å²) in [6.07, 6.45) is 13.5. The Labute approximate surface area is 137 Å². The summed E-state index contributed by atoms with van der Waals surface area (Å²) >= 11 is 0. The highest BCUT2D eigenvalue weighted by atomic mass is 16.6.